The number of benzene rings is 2. The Bertz CT molecular complexity index is 981. The highest BCUT2D eigenvalue weighted by Gasteiger charge is 2.13. The molecule has 2 aromatic carbocycles. The topological polar surface area (TPSA) is 77.2 Å². The summed E-state index contributed by atoms with van der Waals surface area (Å²) in [6.07, 6.45) is 0.972. The molecule has 0 atom stereocenters. The number of hydrogen-bond donors (Lipinski definition) is 2. The lowest BCUT2D eigenvalue weighted by Crippen LogP contribution is -2.12. The highest BCUT2D eigenvalue weighted by Crippen LogP contribution is 2.28. The third-order valence-electron chi connectivity index (χ3n) is 4.50. The number of nitrogens with zero attached hydrogens (tertiary/aromatic N) is 1. The van der Waals surface area contributed by atoms with E-state index < -0.39 is 5.91 Å². The van der Waals surface area contributed by atoms with Gasteiger partial charge in [-0.05, 0) is 35.7 Å². The van der Waals surface area contributed by atoms with Gasteiger partial charge in [-0.25, -0.2) is 4.98 Å². The van der Waals surface area contributed by atoms with E-state index in [4.69, 9.17) is 10.5 Å². The predicted octanol–water partition coefficient (Wildman–Crippen LogP) is 3.76. The zero-order valence-corrected chi connectivity index (χ0v) is 15.2. The molecule has 0 saturated carbocycles. The van der Waals surface area contributed by atoms with Gasteiger partial charge in [-0.1, -0.05) is 24.3 Å². The molecule has 3 N–H and O–H groups in total. The van der Waals surface area contributed by atoms with Crippen LogP contribution >= 0.6 is 11.3 Å². The van der Waals surface area contributed by atoms with E-state index in [-0.39, 0.29) is 0 Å². The number of rotatable bonds is 5. The van der Waals surface area contributed by atoms with Gasteiger partial charge < -0.3 is 15.8 Å². The van der Waals surface area contributed by atoms with Crippen molar-refractivity contribution in [3.63, 3.8) is 0 Å². The molecule has 0 saturated heterocycles. The average Bonchev–Trinajstić information content (AvgIpc) is 3.29. The second kappa shape index (κ2) is 6.80. The number of aryl methyl sites for hydroxylation is 1. The summed E-state index contributed by atoms with van der Waals surface area (Å²) in [6.45, 7) is 3.35. The number of primary amides is 1. The second-order valence-electron chi connectivity index (χ2n) is 6.33. The van der Waals surface area contributed by atoms with Crippen LogP contribution in [-0.2, 0) is 13.0 Å². The fourth-order valence-electron chi connectivity index (χ4n) is 3.06. The molecule has 0 unspecified atom stereocenters. The van der Waals surface area contributed by atoms with Gasteiger partial charge >= 0.3 is 0 Å². The first-order valence-corrected chi connectivity index (χ1v) is 9.33. The molecule has 0 bridgehead atoms. The first-order valence-electron chi connectivity index (χ1n) is 8.45. The monoisotopic (exact) mass is 365 g/mol. The highest BCUT2D eigenvalue weighted by atomic mass is 32.1. The van der Waals surface area contributed by atoms with Crippen molar-refractivity contribution >= 4 is 22.4 Å². The minimum Gasteiger partial charge on any atom is -0.493 e. The van der Waals surface area contributed by atoms with Crippen molar-refractivity contribution in [2.75, 3.05) is 11.9 Å². The Morgan fingerprint density at radius 3 is 3.04 bits per heavy atom. The van der Waals surface area contributed by atoms with Crippen LogP contribution in [0, 0.1) is 6.92 Å². The highest BCUT2D eigenvalue weighted by molar-refractivity contribution is 7.14. The number of anilines is 1. The lowest BCUT2D eigenvalue weighted by molar-refractivity contribution is 0.1000. The maximum Gasteiger partial charge on any atom is 0.248 e. The van der Waals surface area contributed by atoms with Gasteiger partial charge in [0, 0.05) is 29.5 Å². The van der Waals surface area contributed by atoms with E-state index in [1.165, 1.54) is 11.1 Å². The third kappa shape index (κ3) is 3.28. The molecule has 132 valence electrons. The number of fused-ring (bicyclic) bond motifs is 1. The number of hydrogen-bond acceptors (Lipinski definition) is 5. The van der Waals surface area contributed by atoms with E-state index in [1.807, 2.05) is 30.5 Å². The molecule has 1 amide bonds. The van der Waals surface area contributed by atoms with Crippen molar-refractivity contribution < 1.29 is 9.53 Å². The third-order valence-corrected chi connectivity index (χ3v) is 5.30. The Hall–Kier alpha value is -2.86. The van der Waals surface area contributed by atoms with Crippen molar-refractivity contribution in [3.8, 4) is 17.0 Å². The summed E-state index contributed by atoms with van der Waals surface area (Å²) in [5.41, 5.74) is 11.0. The summed E-state index contributed by atoms with van der Waals surface area (Å²) < 4.78 is 5.54. The van der Waals surface area contributed by atoms with Crippen molar-refractivity contribution in [2.24, 2.45) is 5.73 Å². The number of amides is 1. The summed E-state index contributed by atoms with van der Waals surface area (Å²) in [5, 5.41) is 6.19. The van der Waals surface area contributed by atoms with Crippen LogP contribution in [0.4, 0.5) is 5.13 Å². The predicted molar refractivity (Wildman–Crippen MR) is 104 cm³/mol. The fraction of sp³-hybridized carbons (Fsp3) is 0.200. The Labute approximate surface area is 155 Å². The van der Waals surface area contributed by atoms with Gasteiger partial charge in [-0.3, -0.25) is 4.79 Å². The maximum atomic E-state index is 11.5. The molecule has 5 nitrogen and oxygen atoms in total. The lowest BCUT2D eigenvalue weighted by Gasteiger charge is -2.06. The number of nitrogens with two attached hydrogens (primary N) is 1. The van der Waals surface area contributed by atoms with E-state index in [1.54, 1.807) is 17.4 Å². The molecule has 1 aromatic heterocycles. The molecule has 26 heavy (non-hydrogen) atoms. The van der Waals surface area contributed by atoms with E-state index in [0.717, 1.165) is 40.7 Å². The van der Waals surface area contributed by atoms with E-state index >= 15 is 0 Å². The Morgan fingerprint density at radius 2 is 2.19 bits per heavy atom. The molecule has 1 aliphatic rings. The number of ether oxygens (including phenoxy) is 1. The van der Waals surface area contributed by atoms with Crippen LogP contribution in [0.1, 0.15) is 27.0 Å². The van der Waals surface area contributed by atoms with Crippen LogP contribution < -0.4 is 15.8 Å². The van der Waals surface area contributed by atoms with Gasteiger partial charge in [-0.15, -0.1) is 11.3 Å². The molecule has 4 rings (SSSR count). The smallest absolute Gasteiger partial charge is 0.248 e. The van der Waals surface area contributed by atoms with E-state index in [9.17, 15) is 4.79 Å². The van der Waals surface area contributed by atoms with Crippen LogP contribution in [0.15, 0.2) is 41.8 Å². The average molecular weight is 365 g/mol. The summed E-state index contributed by atoms with van der Waals surface area (Å²) in [4.78, 5) is 16.2. The quantitative estimate of drug-likeness (QED) is 0.722. The van der Waals surface area contributed by atoms with Gasteiger partial charge in [0.15, 0.2) is 5.13 Å². The fourth-order valence-corrected chi connectivity index (χ4v) is 3.78. The van der Waals surface area contributed by atoms with Gasteiger partial charge in [0.2, 0.25) is 5.91 Å². The lowest BCUT2D eigenvalue weighted by atomic mass is 10.0. The van der Waals surface area contributed by atoms with Crippen LogP contribution in [0.3, 0.4) is 0 Å². The largest absolute Gasteiger partial charge is 0.493 e. The Morgan fingerprint density at radius 1 is 1.31 bits per heavy atom. The first kappa shape index (κ1) is 16.6. The Balaban J connectivity index is 1.48. The molecule has 0 fully saturated rings. The zero-order chi connectivity index (χ0) is 18.1. The van der Waals surface area contributed by atoms with E-state index in [0.29, 0.717) is 12.1 Å². The maximum absolute atomic E-state index is 11.5. The minimum absolute atomic E-state index is 0.418. The van der Waals surface area contributed by atoms with Crippen LogP contribution in [-0.4, -0.2) is 17.5 Å². The van der Waals surface area contributed by atoms with Gasteiger partial charge in [0.25, 0.3) is 0 Å². The van der Waals surface area contributed by atoms with Crippen molar-refractivity contribution in [3.05, 3.63) is 64.0 Å². The standard InChI is InChI=1S/C20H19N3O2S/c1-12-2-4-14(9-16(12)19(21)24)17-11-26-20(23-17)22-10-13-3-5-18-15(8-13)6-7-25-18/h2-5,8-9,11H,6-7,10H2,1H3,(H2,21,24)(H,22,23). The number of aromatic nitrogens is 1. The minimum atomic E-state index is -0.418. The normalized spacial score (nSPS) is 12.5. The SMILES string of the molecule is Cc1ccc(-c2csc(NCc3ccc4c(c3)CCO4)n2)cc1C(N)=O. The number of carbonyl (C=O) groups is 1. The summed E-state index contributed by atoms with van der Waals surface area (Å²) >= 11 is 1.54. The van der Waals surface area contributed by atoms with Crippen molar-refractivity contribution in [2.45, 2.75) is 19.9 Å². The van der Waals surface area contributed by atoms with Crippen LogP contribution in [0.2, 0.25) is 0 Å². The molecule has 1 aliphatic heterocycles. The summed E-state index contributed by atoms with van der Waals surface area (Å²) in [6, 6.07) is 11.9. The van der Waals surface area contributed by atoms with Crippen molar-refractivity contribution in [1.82, 2.24) is 4.98 Å². The second-order valence-corrected chi connectivity index (χ2v) is 7.18. The van der Waals surface area contributed by atoms with Crippen LogP contribution in [0.25, 0.3) is 11.3 Å². The number of thiazole rings is 1. The number of nitrogens with one attached hydrogen (secondary N) is 1. The molecular weight excluding hydrogens is 346 g/mol. The van der Waals surface area contributed by atoms with Gasteiger partial charge in [0.05, 0.1) is 12.3 Å². The molecule has 6 heteroatoms. The first-order chi connectivity index (χ1) is 12.6. The molecule has 0 spiro atoms. The molecule has 3 aromatic rings. The molecule has 0 radical (unpaired) electrons. The summed E-state index contributed by atoms with van der Waals surface area (Å²) in [5.74, 6) is 0.577. The number of carbonyl (C=O) groups excluding carboxylic acids is 1. The van der Waals surface area contributed by atoms with Crippen LogP contribution in [0.5, 0.6) is 5.75 Å². The molecular formula is C20H19N3O2S. The zero-order valence-electron chi connectivity index (χ0n) is 14.4. The Kier molecular flexibility index (Phi) is 4.34. The van der Waals surface area contributed by atoms with Crippen molar-refractivity contribution in [1.29, 1.82) is 0 Å². The van der Waals surface area contributed by atoms with Gasteiger partial charge in [0.1, 0.15) is 5.75 Å². The molecule has 2 heterocycles. The van der Waals surface area contributed by atoms with Gasteiger partial charge in [-0.2, -0.15) is 0 Å². The van der Waals surface area contributed by atoms with E-state index in [2.05, 4.69) is 22.4 Å². The summed E-state index contributed by atoms with van der Waals surface area (Å²) in [7, 11) is 0. The molecule has 0 aliphatic carbocycles.